The Morgan fingerprint density at radius 1 is 1.50 bits per heavy atom. The second-order valence-corrected chi connectivity index (χ2v) is 3.26. The molecule has 1 aromatic heterocycles. The maximum absolute atomic E-state index is 9.17. The van der Waals surface area contributed by atoms with Gasteiger partial charge < -0.3 is 10.8 Å². The van der Waals surface area contributed by atoms with Crippen LogP contribution in [0.3, 0.4) is 0 Å². The van der Waals surface area contributed by atoms with Crippen LogP contribution in [0.1, 0.15) is 0 Å². The molecular formula is C7H6BrN3O. The van der Waals surface area contributed by atoms with E-state index >= 15 is 0 Å². The number of aromatic hydroxyl groups is 1. The largest absolute Gasteiger partial charge is 0.508 e. The van der Waals surface area contributed by atoms with Crippen molar-refractivity contribution in [2.24, 2.45) is 0 Å². The van der Waals surface area contributed by atoms with E-state index in [1.165, 1.54) is 6.07 Å². The Hall–Kier alpha value is -1.23. The summed E-state index contributed by atoms with van der Waals surface area (Å²) >= 11 is 3.26. The van der Waals surface area contributed by atoms with Crippen molar-refractivity contribution in [2.75, 3.05) is 5.73 Å². The predicted octanol–water partition coefficient (Wildman–Crippen LogP) is 1.61. The first-order valence-electron chi connectivity index (χ1n) is 3.30. The van der Waals surface area contributed by atoms with E-state index in [-0.39, 0.29) is 5.75 Å². The van der Waals surface area contributed by atoms with Gasteiger partial charge in [0.05, 0.1) is 10.9 Å². The first-order chi connectivity index (χ1) is 5.68. The first-order valence-corrected chi connectivity index (χ1v) is 4.10. The van der Waals surface area contributed by atoms with Crippen LogP contribution in [-0.2, 0) is 0 Å². The highest BCUT2D eigenvalue weighted by molar-refractivity contribution is 9.10. The minimum Gasteiger partial charge on any atom is -0.508 e. The van der Waals surface area contributed by atoms with E-state index < -0.39 is 0 Å². The standard InChI is InChI=1S/C7H6BrN3O/c8-7-6-4(9)1-3(12)2-5(6)10-11-7/h1-2,12H,9H2,(H,10,11). The molecule has 0 aliphatic heterocycles. The van der Waals surface area contributed by atoms with Gasteiger partial charge in [-0.15, -0.1) is 0 Å². The Morgan fingerprint density at radius 3 is 3.00 bits per heavy atom. The molecule has 12 heavy (non-hydrogen) atoms. The molecule has 0 amide bonds. The highest BCUT2D eigenvalue weighted by Crippen LogP contribution is 2.30. The molecule has 0 radical (unpaired) electrons. The van der Waals surface area contributed by atoms with Gasteiger partial charge in [0, 0.05) is 17.8 Å². The molecule has 4 nitrogen and oxygen atoms in total. The van der Waals surface area contributed by atoms with Crippen molar-refractivity contribution < 1.29 is 5.11 Å². The summed E-state index contributed by atoms with van der Waals surface area (Å²) in [6.07, 6.45) is 0. The van der Waals surface area contributed by atoms with Crippen molar-refractivity contribution in [1.29, 1.82) is 0 Å². The summed E-state index contributed by atoms with van der Waals surface area (Å²) in [5, 5.41) is 16.6. The topological polar surface area (TPSA) is 74.9 Å². The number of phenolic OH excluding ortho intramolecular Hbond substituents is 1. The lowest BCUT2D eigenvalue weighted by Crippen LogP contribution is -1.84. The summed E-state index contributed by atoms with van der Waals surface area (Å²) in [5.74, 6) is 0.124. The lowest BCUT2D eigenvalue weighted by Gasteiger charge is -1.96. The molecule has 1 heterocycles. The van der Waals surface area contributed by atoms with Crippen molar-refractivity contribution in [2.45, 2.75) is 0 Å². The van der Waals surface area contributed by atoms with Crippen molar-refractivity contribution in [1.82, 2.24) is 10.2 Å². The van der Waals surface area contributed by atoms with E-state index in [9.17, 15) is 5.11 Å². The van der Waals surface area contributed by atoms with E-state index in [4.69, 9.17) is 5.73 Å². The molecule has 0 atom stereocenters. The van der Waals surface area contributed by atoms with Crippen LogP contribution in [0.5, 0.6) is 5.75 Å². The van der Waals surface area contributed by atoms with Crippen molar-refractivity contribution in [3.8, 4) is 5.75 Å². The van der Waals surface area contributed by atoms with Crippen LogP contribution in [0, 0.1) is 0 Å². The third kappa shape index (κ3) is 0.937. The number of fused-ring (bicyclic) bond motifs is 1. The highest BCUT2D eigenvalue weighted by Gasteiger charge is 2.07. The zero-order valence-electron chi connectivity index (χ0n) is 6.00. The summed E-state index contributed by atoms with van der Waals surface area (Å²) in [5.41, 5.74) is 6.81. The maximum Gasteiger partial charge on any atom is 0.119 e. The lowest BCUT2D eigenvalue weighted by molar-refractivity contribution is 0.476. The molecule has 2 rings (SSSR count). The molecule has 62 valence electrons. The number of nitrogens with two attached hydrogens (primary N) is 1. The normalized spacial score (nSPS) is 10.8. The fraction of sp³-hybridized carbons (Fsp3) is 0. The summed E-state index contributed by atoms with van der Waals surface area (Å²) in [7, 11) is 0. The summed E-state index contributed by atoms with van der Waals surface area (Å²) in [6, 6.07) is 3.04. The molecule has 0 aliphatic rings. The van der Waals surface area contributed by atoms with E-state index in [1.807, 2.05) is 0 Å². The number of nitrogens with one attached hydrogen (secondary N) is 1. The fourth-order valence-electron chi connectivity index (χ4n) is 1.13. The minimum atomic E-state index is 0.124. The number of benzene rings is 1. The summed E-state index contributed by atoms with van der Waals surface area (Å²) < 4.78 is 0.731. The average Bonchev–Trinajstić information content (AvgIpc) is 2.31. The van der Waals surface area contributed by atoms with Gasteiger partial charge in [0.1, 0.15) is 10.4 Å². The zero-order valence-corrected chi connectivity index (χ0v) is 7.59. The van der Waals surface area contributed by atoms with E-state index in [1.54, 1.807) is 6.07 Å². The molecular weight excluding hydrogens is 222 g/mol. The number of anilines is 1. The second kappa shape index (κ2) is 2.38. The van der Waals surface area contributed by atoms with Crippen molar-refractivity contribution >= 4 is 32.5 Å². The quantitative estimate of drug-likeness (QED) is 0.599. The maximum atomic E-state index is 9.17. The van der Waals surface area contributed by atoms with Gasteiger partial charge in [0.15, 0.2) is 0 Å². The lowest BCUT2D eigenvalue weighted by atomic mass is 10.2. The number of aromatic amines is 1. The smallest absolute Gasteiger partial charge is 0.119 e. The summed E-state index contributed by atoms with van der Waals surface area (Å²) in [6.45, 7) is 0. The third-order valence-electron chi connectivity index (χ3n) is 1.63. The van der Waals surface area contributed by atoms with Crippen LogP contribution in [0.15, 0.2) is 16.7 Å². The number of aromatic nitrogens is 2. The van der Waals surface area contributed by atoms with Gasteiger partial charge in [-0.2, -0.15) is 5.10 Å². The van der Waals surface area contributed by atoms with Crippen LogP contribution in [0.4, 0.5) is 5.69 Å². The Morgan fingerprint density at radius 2 is 2.25 bits per heavy atom. The molecule has 0 bridgehead atoms. The Kier molecular flexibility index (Phi) is 1.47. The number of hydrogen-bond acceptors (Lipinski definition) is 3. The number of phenols is 1. The van der Waals surface area contributed by atoms with Gasteiger partial charge in [0.2, 0.25) is 0 Å². The molecule has 5 heteroatoms. The second-order valence-electron chi connectivity index (χ2n) is 2.47. The van der Waals surface area contributed by atoms with E-state index in [0.29, 0.717) is 11.2 Å². The minimum absolute atomic E-state index is 0.124. The van der Waals surface area contributed by atoms with Crippen LogP contribution in [0.25, 0.3) is 10.9 Å². The van der Waals surface area contributed by atoms with Crippen LogP contribution in [-0.4, -0.2) is 15.3 Å². The monoisotopic (exact) mass is 227 g/mol. The van der Waals surface area contributed by atoms with Crippen LogP contribution in [0.2, 0.25) is 0 Å². The number of rotatable bonds is 0. The molecule has 0 unspecified atom stereocenters. The van der Waals surface area contributed by atoms with Gasteiger partial charge in [-0.1, -0.05) is 0 Å². The van der Waals surface area contributed by atoms with Gasteiger partial charge in [-0.3, -0.25) is 5.10 Å². The Bertz CT molecular complexity index is 437. The summed E-state index contributed by atoms with van der Waals surface area (Å²) in [4.78, 5) is 0. The molecule has 0 aliphatic carbocycles. The number of H-pyrrole nitrogens is 1. The third-order valence-corrected chi connectivity index (χ3v) is 2.20. The van der Waals surface area contributed by atoms with Gasteiger partial charge in [0.25, 0.3) is 0 Å². The molecule has 4 N–H and O–H groups in total. The molecule has 0 fully saturated rings. The highest BCUT2D eigenvalue weighted by atomic mass is 79.9. The molecule has 0 spiro atoms. The average molecular weight is 228 g/mol. The van der Waals surface area contributed by atoms with Gasteiger partial charge in [-0.25, -0.2) is 0 Å². The fourth-order valence-corrected chi connectivity index (χ4v) is 1.65. The first kappa shape index (κ1) is 7.42. The van der Waals surface area contributed by atoms with Gasteiger partial charge >= 0.3 is 0 Å². The number of halogens is 1. The SMILES string of the molecule is Nc1cc(O)cc2n[nH]c(Br)c12. The molecule has 2 aromatic rings. The van der Waals surface area contributed by atoms with Crippen LogP contribution >= 0.6 is 15.9 Å². The Balaban J connectivity index is 2.93. The van der Waals surface area contributed by atoms with Crippen LogP contribution < -0.4 is 5.73 Å². The van der Waals surface area contributed by atoms with Gasteiger partial charge in [-0.05, 0) is 15.9 Å². The molecule has 1 aromatic carbocycles. The molecule has 0 saturated carbocycles. The Labute approximate surface area is 76.5 Å². The predicted molar refractivity (Wildman–Crippen MR) is 49.9 cm³/mol. The van der Waals surface area contributed by atoms with Crippen molar-refractivity contribution in [3.63, 3.8) is 0 Å². The van der Waals surface area contributed by atoms with E-state index in [2.05, 4.69) is 26.1 Å². The number of hydrogen-bond donors (Lipinski definition) is 3. The van der Waals surface area contributed by atoms with E-state index in [0.717, 1.165) is 9.99 Å². The van der Waals surface area contributed by atoms with Crippen molar-refractivity contribution in [3.05, 3.63) is 16.7 Å². The zero-order chi connectivity index (χ0) is 8.72. The number of nitrogens with zero attached hydrogens (tertiary/aromatic N) is 1. The number of nitrogen functional groups attached to an aromatic ring is 1. The molecule has 0 saturated heterocycles.